The summed E-state index contributed by atoms with van der Waals surface area (Å²) in [6, 6.07) is 8.10. The van der Waals surface area contributed by atoms with E-state index in [0.717, 1.165) is 11.3 Å². The van der Waals surface area contributed by atoms with E-state index >= 15 is 0 Å². The minimum atomic E-state index is 0.662. The molecule has 2 aromatic rings. The summed E-state index contributed by atoms with van der Waals surface area (Å²) >= 11 is 1.78. The Morgan fingerprint density at radius 3 is 2.93 bits per heavy atom. The highest BCUT2D eigenvalue weighted by Gasteiger charge is 2.07. The number of benzene rings is 1. The second-order valence-corrected chi connectivity index (χ2v) is 3.69. The van der Waals surface area contributed by atoms with Crippen LogP contribution in [0.25, 0.3) is 11.4 Å². The summed E-state index contributed by atoms with van der Waals surface area (Å²) in [7, 11) is 0. The lowest BCUT2D eigenvalue weighted by Gasteiger charge is -2.03. The zero-order valence-electron chi connectivity index (χ0n) is 7.77. The number of hydrogen-bond donors (Lipinski definition) is 1. The van der Waals surface area contributed by atoms with Gasteiger partial charge >= 0.3 is 0 Å². The second kappa shape index (κ2) is 4.23. The third kappa shape index (κ3) is 1.77. The molecule has 0 spiro atoms. The summed E-state index contributed by atoms with van der Waals surface area (Å²) in [5.41, 5.74) is 2.29. The molecule has 0 amide bonds. The van der Waals surface area contributed by atoms with Crippen molar-refractivity contribution >= 4 is 11.8 Å². The average molecular weight is 206 g/mol. The van der Waals surface area contributed by atoms with Crippen molar-refractivity contribution in [2.75, 3.05) is 6.26 Å². The number of hydrogen-bond acceptors (Lipinski definition) is 4. The number of aromatic amines is 1. The first kappa shape index (κ1) is 9.21. The highest BCUT2D eigenvalue weighted by Crippen LogP contribution is 2.22. The minimum Gasteiger partial charge on any atom is -0.177 e. The molecule has 14 heavy (non-hydrogen) atoms. The zero-order valence-corrected chi connectivity index (χ0v) is 8.58. The van der Waals surface area contributed by atoms with Crippen molar-refractivity contribution < 1.29 is 0 Å². The van der Waals surface area contributed by atoms with Gasteiger partial charge in [-0.1, -0.05) is 24.3 Å². The smallest absolute Gasteiger partial charge is 0.177 e. The molecule has 5 heteroatoms. The summed E-state index contributed by atoms with van der Waals surface area (Å²) in [5.74, 6) is 1.62. The fraction of sp³-hybridized carbons (Fsp3) is 0.222. The van der Waals surface area contributed by atoms with Gasteiger partial charge in [-0.3, -0.25) is 0 Å². The van der Waals surface area contributed by atoms with Crippen LogP contribution in [0, 0.1) is 0 Å². The largest absolute Gasteiger partial charge is 0.204 e. The normalized spacial score (nSPS) is 10.4. The van der Waals surface area contributed by atoms with Gasteiger partial charge < -0.3 is 0 Å². The van der Waals surface area contributed by atoms with Crippen LogP contribution in [-0.4, -0.2) is 26.9 Å². The topological polar surface area (TPSA) is 54.5 Å². The molecule has 72 valence electrons. The van der Waals surface area contributed by atoms with E-state index in [1.54, 1.807) is 11.8 Å². The van der Waals surface area contributed by atoms with Gasteiger partial charge in [0.25, 0.3) is 0 Å². The molecule has 1 N–H and O–H groups in total. The highest BCUT2D eigenvalue weighted by atomic mass is 32.2. The Labute approximate surface area is 86.1 Å². The molecule has 0 aliphatic rings. The lowest BCUT2D eigenvalue weighted by atomic mass is 10.1. The van der Waals surface area contributed by atoms with Gasteiger partial charge in [-0.25, -0.2) is 0 Å². The molecule has 0 bridgehead atoms. The number of H-pyrrole nitrogens is 1. The first-order chi connectivity index (χ1) is 6.92. The van der Waals surface area contributed by atoms with Crippen molar-refractivity contribution in [2.24, 2.45) is 0 Å². The van der Waals surface area contributed by atoms with Gasteiger partial charge in [0.05, 0.1) is 0 Å². The molecule has 4 nitrogen and oxygen atoms in total. The number of nitrogens with zero attached hydrogens (tertiary/aromatic N) is 3. The number of nitrogens with one attached hydrogen (secondary N) is 1. The molecule has 0 aliphatic heterocycles. The molecular weight excluding hydrogens is 196 g/mol. The van der Waals surface area contributed by atoms with Crippen LogP contribution in [-0.2, 0) is 5.75 Å². The number of aromatic nitrogens is 4. The van der Waals surface area contributed by atoms with Gasteiger partial charge in [0.2, 0.25) is 5.82 Å². The van der Waals surface area contributed by atoms with Crippen LogP contribution >= 0.6 is 11.8 Å². The second-order valence-electron chi connectivity index (χ2n) is 2.83. The maximum atomic E-state index is 3.97. The van der Waals surface area contributed by atoms with E-state index in [9.17, 15) is 0 Å². The van der Waals surface area contributed by atoms with Gasteiger partial charge in [0, 0.05) is 11.3 Å². The van der Waals surface area contributed by atoms with E-state index in [1.165, 1.54) is 5.56 Å². The Bertz CT molecular complexity index is 399. The SMILES string of the molecule is CSCc1ccccc1-c1nn[nH]n1. The van der Waals surface area contributed by atoms with Crippen LogP contribution in [0.1, 0.15) is 5.56 Å². The van der Waals surface area contributed by atoms with E-state index in [4.69, 9.17) is 0 Å². The van der Waals surface area contributed by atoms with Crippen LogP contribution < -0.4 is 0 Å². The fourth-order valence-corrected chi connectivity index (χ4v) is 1.86. The summed E-state index contributed by atoms with van der Waals surface area (Å²) < 4.78 is 0. The molecule has 1 aromatic heterocycles. The average Bonchev–Trinajstić information content (AvgIpc) is 2.72. The Morgan fingerprint density at radius 1 is 1.36 bits per heavy atom. The predicted molar refractivity (Wildman–Crippen MR) is 56.8 cm³/mol. The van der Waals surface area contributed by atoms with Crippen LogP contribution in [0.4, 0.5) is 0 Å². The summed E-state index contributed by atoms with van der Waals surface area (Å²) in [6.45, 7) is 0. The molecule has 0 unspecified atom stereocenters. The van der Waals surface area contributed by atoms with Gasteiger partial charge in [0.1, 0.15) is 0 Å². The highest BCUT2D eigenvalue weighted by molar-refractivity contribution is 7.97. The van der Waals surface area contributed by atoms with E-state index in [0.29, 0.717) is 5.82 Å². The summed E-state index contributed by atoms with van der Waals surface area (Å²) in [5, 5.41) is 14.0. The molecule has 0 saturated carbocycles. The molecule has 0 radical (unpaired) electrons. The molecule has 1 heterocycles. The predicted octanol–water partition coefficient (Wildman–Crippen LogP) is 1.73. The standard InChI is InChI=1S/C9H10N4S/c1-14-6-7-4-2-3-5-8(7)9-10-12-13-11-9/h2-5H,6H2,1H3,(H,10,11,12,13). The monoisotopic (exact) mass is 206 g/mol. The van der Waals surface area contributed by atoms with Crippen molar-refractivity contribution in [1.82, 2.24) is 20.6 Å². The Balaban J connectivity index is 2.42. The van der Waals surface area contributed by atoms with Crippen LogP contribution in [0.2, 0.25) is 0 Å². The Morgan fingerprint density at radius 2 is 2.21 bits per heavy atom. The molecule has 0 saturated heterocycles. The van der Waals surface area contributed by atoms with E-state index in [2.05, 4.69) is 32.9 Å². The zero-order chi connectivity index (χ0) is 9.80. The van der Waals surface area contributed by atoms with Crippen molar-refractivity contribution in [1.29, 1.82) is 0 Å². The van der Waals surface area contributed by atoms with Gasteiger partial charge in [-0.2, -0.15) is 17.0 Å². The molecule has 0 fully saturated rings. The molecule has 2 rings (SSSR count). The molecule has 1 aromatic carbocycles. The van der Waals surface area contributed by atoms with Crippen LogP contribution in [0.3, 0.4) is 0 Å². The Hall–Kier alpha value is -1.36. The van der Waals surface area contributed by atoms with Crippen molar-refractivity contribution in [3.8, 4) is 11.4 Å². The summed E-state index contributed by atoms with van der Waals surface area (Å²) in [4.78, 5) is 0. The Kier molecular flexibility index (Phi) is 2.78. The van der Waals surface area contributed by atoms with Gasteiger partial charge in [-0.05, 0) is 17.0 Å². The quantitative estimate of drug-likeness (QED) is 0.831. The number of rotatable bonds is 3. The van der Waals surface area contributed by atoms with Crippen molar-refractivity contribution in [3.63, 3.8) is 0 Å². The van der Waals surface area contributed by atoms with Crippen molar-refractivity contribution in [2.45, 2.75) is 5.75 Å². The van der Waals surface area contributed by atoms with E-state index < -0.39 is 0 Å². The van der Waals surface area contributed by atoms with Crippen LogP contribution in [0.15, 0.2) is 24.3 Å². The van der Waals surface area contributed by atoms with E-state index in [-0.39, 0.29) is 0 Å². The molecule has 0 atom stereocenters. The van der Waals surface area contributed by atoms with Gasteiger partial charge in [0.15, 0.2) is 0 Å². The van der Waals surface area contributed by atoms with Gasteiger partial charge in [-0.15, -0.1) is 10.2 Å². The lowest BCUT2D eigenvalue weighted by molar-refractivity contribution is 0.881. The first-order valence-electron chi connectivity index (χ1n) is 4.22. The minimum absolute atomic E-state index is 0.662. The third-order valence-electron chi connectivity index (χ3n) is 1.90. The molecular formula is C9H10N4S. The maximum Gasteiger partial charge on any atom is 0.204 e. The third-order valence-corrected chi connectivity index (χ3v) is 2.50. The molecule has 0 aliphatic carbocycles. The van der Waals surface area contributed by atoms with Crippen molar-refractivity contribution in [3.05, 3.63) is 29.8 Å². The number of tetrazole rings is 1. The number of thioether (sulfide) groups is 1. The maximum absolute atomic E-state index is 3.97. The fourth-order valence-electron chi connectivity index (χ4n) is 1.30. The summed E-state index contributed by atoms with van der Waals surface area (Å²) in [6.07, 6.45) is 2.08. The first-order valence-corrected chi connectivity index (χ1v) is 5.62. The lowest BCUT2D eigenvalue weighted by Crippen LogP contribution is -1.88. The van der Waals surface area contributed by atoms with E-state index in [1.807, 2.05) is 18.2 Å². The van der Waals surface area contributed by atoms with Crippen LogP contribution in [0.5, 0.6) is 0 Å².